The fourth-order valence-electron chi connectivity index (χ4n) is 1.15. The number of amidine groups is 1. The smallest absolute Gasteiger partial charge is 0.135 e. The lowest BCUT2D eigenvalue weighted by molar-refractivity contribution is 0.184. The van der Waals surface area contributed by atoms with E-state index in [4.69, 9.17) is 15.9 Å². The largest absolute Gasteiger partial charge is 0.383 e. The summed E-state index contributed by atoms with van der Waals surface area (Å²) < 4.78 is 4.99. The van der Waals surface area contributed by atoms with E-state index in [1.54, 1.807) is 7.11 Å². The maximum Gasteiger partial charge on any atom is 0.135 e. The molecule has 0 atom stereocenters. The predicted octanol–water partition coefficient (Wildman–Crippen LogP) is 1.70. The Morgan fingerprint density at radius 2 is 2.29 bits per heavy atom. The maximum absolute atomic E-state index is 7.42. The number of aromatic nitrogens is 1. The molecule has 0 aliphatic heterocycles. The molecule has 1 heterocycles. The molecule has 0 radical (unpaired) electrons. The van der Waals surface area contributed by atoms with Gasteiger partial charge in [0.1, 0.15) is 10.8 Å². The van der Waals surface area contributed by atoms with Gasteiger partial charge in [0.05, 0.1) is 17.2 Å². The van der Waals surface area contributed by atoms with Gasteiger partial charge in [-0.3, -0.25) is 5.41 Å². The second kappa shape index (κ2) is 4.52. The van der Waals surface area contributed by atoms with E-state index in [0.717, 1.165) is 15.6 Å². The third kappa shape index (κ3) is 2.30. The third-order valence-corrected chi connectivity index (χ3v) is 2.83. The summed E-state index contributed by atoms with van der Waals surface area (Å²) in [6, 6.07) is 0. The SMILES string of the molecule is COCc1nc(C(C)C)c(C(=N)N)s1. The summed E-state index contributed by atoms with van der Waals surface area (Å²) in [6.07, 6.45) is 0. The van der Waals surface area contributed by atoms with Gasteiger partial charge in [-0.15, -0.1) is 11.3 Å². The summed E-state index contributed by atoms with van der Waals surface area (Å²) in [4.78, 5) is 5.16. The highest BCUT2D eigenvalue weighted by atomic mass is 32.1. The summed E-state index contributed by atoms with van der Waals surface area (Å²) in [7, 11) is 1.63. The monoisotopic (exact) mass is 213 g/mol. The van der Waals surface area contributed by atoms with Gasteiger partial charge in [-0.2, -0.15) is 0 Å². The molecule has 0 fully saturated rings. The first kappa shape index (κ1) is 11.1. The van der Waals surface area contributed by atoms with Crippen molar-refractivity contribution < 1.29 is 4.74 Å². The molecule has 0 aromatic carbocycles. The van der Waals surface area contributed by atoms with Crippen LogP contribution in [0.3, 0.4) is 0 Å². The number of thiazole rings is 1. The van der Waals surface area contributed by atoms with Crippen LogP contribution in [-0.4, -0.2) is 17.9 Å². The van der Waals surface area contributed by atoms with Crippen molar-refractivity contribution in [3.05, 3.63) is 15.6 Å². The van der Waals surface area contributed by atoms with Crippen LogP contribution in [0.25, 0.3) is 0 Å². The van der Waals surface area contributed by atoms with Crippen molar-refractivity contribution in [2.24, 2.45) is 5.73 Å². The average Bonchev–Trinajstić information content (AvgIpc) is 2.49. The molecule has 5 heteroatoms. The Morgan fingerprint density at radius 1 is 1.64 bits per heavy atom. The van der Waals surface area contributed by atoms with Crippen molar-refractivity contribution in [2.45, 2.75) is 26.4 Å². The Labute approximate surface area is 87.6 Å². The van der Waals surface area contributed by atoms with Gasteiger partial charge >= 0.3 is 0 Å². The van der Waals surface area contributed by atoms with Crippen molar-refractivity contribution in [1.29, 1.82) is 5.41 Å². The Balaban J connectivity index is 3.06. The molecule has 0 amide bonds. The van der Waals surface area contributed by atoms with Crippen LogP contribution in [0.4, 0.5) is 0 Å². The van der Waals surface area contributed by atoms with Gasteiger partial charge in [0.25, 0.3) is 0 Å². The van der Waals surface area contributed by atoms with Crippen molar-refractivity contribution >= 4 is 17.2 Å². The molecule has 3 N–H and O–H groups in total. The second-order valence-electron chi connectivity index (χ2n) is 3.32. The van der Waals surface area contributed by atoms with E-state index in [9.17, 15) is 0 Å². The molecule has 1 aromatic heterocycles. The van der Waals surface area contributed by atoms with E-state index < -0.39 is 0 Å². The summed E-state index contributed by atoms with van der Waals surface area (Å²) in [5.74, 6) is 0.379. The highest BCUT2D eigenvalue weighted by Gasteiger charge is 2.15. The quantitative estimate of drug-likeness (QED) is 0.590. The number of nitrogen functional groups attached to an aromatic ring is 1. The Hall–Kier alpha value is -0.940. The Kier molecular flexibility index (Phi) is 3.60. The minimum atomic E-state index is 0.0913. The molecule has 0 unspecified atom stereocenters. The number of nitrogens with two attached hydrogens (primary N) is 1. The van der Waals surface area contributed by atoms with Crippen LogP contribution >= 0.6 is 11.3 Å². The number of rotatable bonds is 4. The summed E-state index contributed by atoms with van der Waals surface area (Å²) in [6.45, 7) is 4.56. The molecule has 14 heavy (non-hydrogen) atoms. The van der Waals surface area contributed by atoms with Gasteiger partial charge in [-0.25, -0.2) is 4.98 Å². The van der Waals surface area contributed by atoms with Crippen LogP contribution in [0.1, 0.15) is 35.3 Å². The molecule has 1 aromatic rings. The van der Waals surface area contributed by atoms with Crippen LogP contribution in [-0.2, 0) is 11.3 Å². The lowest BCUT2D eigenvalue weighted by Crippen LogP contribution is -2.12. The first-order valence-electron chi connectivity index (χ1n) is 4.39. The molecule has 0 saturated heterocycles. The van der Waals surface area contributed by atoms with Crippen molar-refractivity contribution in [1.82, 2.24) is 4.98 Å². The molecule has 1 rings (SSSR count). The number of methoxy groups -OCH3 is 1. The predicted molar refractivity (Wildman–Crippen MR) is 57.9 cm³/mol. The highest BCUT2D eigenvalue weighted by molar-refractivity contribution is 7.13. The van der Waals surface area contributed by atoms with E-state index in [0.29, 0.717) is 6.61 Å². The van der Waals surface area contributed by atoms with Gasteiger partial charge in [-0.1, -0.05) is 13.8 Å². The molecule has 0 saturated carbocycles. The normalized spacial score (nSPS) is 10.9. The lowest BCUT2D eigenvalue weighted by atomic mass is 10.1. The average molecular weight is 213 g/mol. The number of hydrogen-bond donors (Lipinski definition) is 2. The van der Waals surface area contributed by atoms with Crippen LogP contribution in [0.15, 0.2) is 0 Å². The molecular weight excluding hydrogens is 198 g/mol. The topological polar surface area (TPSA) is 72.0 Å². The number of hydrogen-bond acceptors (Lipinski definition) is 4. The third-order valence-electron chi connectivity index (χ3n) is 1.76. The first-order valence-corrected chi connectivity index (χ1v) is 5.20. The van der Waals surface area contributed by atoms with E-state index in [-0.39, 0.29) is 11.8 Å². The Morgan fingerprint density at radius 3 is 2.64 bits per heavy atom. The second-order valence-corrected chi connectivity index (χ2v) is 4.41. The summed E-state index contributed by atoms with van der Waals surface area (Å²) >= 11 is 1.43. The molecule has 0 aliphatic rings. The van der Waals surface area contributed by atoms with Crippen LogP contribution in [0, 0.1) is 5.41 Å². The standard InChI is InChI=1S/C9H15N3OS/c1-5(2)7-8(9(10)11)14-6(12-7)4-13-3/h5H,4H2,1-3H3,(H3,10,11). The van der Waals surface area contributed by atoms with Crippen LogP contribution in [0.2, 0.25) is 0 Å². The molecule has 4 nitrogen and oxygen atoms in total. The van der Waals surface area contributed by atoms with Gasteiger partial charge in [0, 0.05) is 7.11 Å². The molecule has 0 aliphatic carbocycles. The van der Waals surface area contributed by atoms with Gasteiger partial charge in [-0.05, 0) is 5.92 Å². The maximum atomic E-state index is 7.42. The van der Waals surface area contributed by atoms with Crippen LogP contribution in [0.5, 0.6) is 0 Å². The number of nitrogens with zero attached hydrogens (tertiary/aromatic N) is 1. The number of nitrogens with one attached hydrogen (secondary N) is 1. The van der Waals surface area contributed by atoms with Gasteiger partial charge in [0.15, 0.2) is 0 Å². The van der Waals surface area contributed by atoms with Crippen LogP contribution < -0.4 is 5.73 Å². The zero-order valence-electron chi connectivity index (χ0n) is 8.63. The van der Waals surface area contributed by atoms with Crippen molar-refractivity contribution in [2.75, 3.05) is 7.11 Å². The fraction of sp³-hybridized carbons (Fsp3) is 0.556. The Bertz CT molecular complexity index is 333. The molecule has 0 spiro atoms. The minimum absolute atomic E-state index is 0.0913. The zero-order valence-corrected chi connectivity index (χ0v) is 9.44. The van der Waals surface area contributed by atoms with Gasteiger partial charge < -0.3 is 10.5 Å². The molecular formula is C9H15N3OS. The van der Waals surface area contributed by atoms with E-state index in [1.165, 1.54) is 11.3 Å². The van der Waals surface area contributed by atoms with Gasteiger partial charge in [0.2, 0.25) is 0 Å². The van der Waals surface area contributed by atoms with E-state index in [1.807, 2.05) is 13.8 Å². The van der Waals surface area contributed by atoms with E-state index >= 15 is 0 Å². The molecule has 0 bridgehead atoms. The summed E-state index contributed by atoms with van der Waals surface area (Å²) in [5, 5.41) is 8.30. The minimum Gasteiger partial charge on any atom is -0.383 e. The molecule has 78 valence electrons. The first-order chi connectivity index (χ1) is 6.56. The number of ether oxygens (including phenoxy) is 1. The highest BCUT2D eigenvalue weighted by Crippen LogP contribution is 2.24. The fourth-order valence-corrected chi connectivity index (χ4v) is 2.20. The van der Waals surface area contributed by atoms with Crippen molar-refractivity contribution in [3.63, 3.8) is 0 Å². The van der Waals surface area contributed by atoms with E-state index in [2.05, 4.69) is 4.98 Å². The summed E-state index contributed by atoms with van der Waals surface area (Å²) in [5.41, 5.74) is 6.37. The lowest BCUT2D eigenvalue weighted by Gasteiger charge is -2.02. The van der Waals surface area contributed by atoms with Crippen molar-refractivity contribution in [3.8, 4) is 0 Å². The zero-order chi connectivity index (χ0) is 10.7.